The Labute approximate surface area is 179 Å². The molecule has 2 amide bonds. The van der Waals surface area contributed by atoms with Crippen LogP contribution in [0.25, 0.3) is 0 Å². The number of nitrogens with zero attached hydrogens (tertiary/aromatic N) is 1. The molecule has 3 aromatic carbocycles. The van der Waals surface area contributed by atoms with Gasteiger partial charge in [0.05, 0.1) is 13.2 Å². The zero-order valence-electron chi connectivity index (χ0n) is 16.7. The van der Waals surface area contributed by atoms with Crippen LogP contribution >= 0.6 is 0 Å². The van der Waals surface area contributed by atoms with Crippen LogP contribution in [0.2, 0.25) is 0 Å². The molecule has 7 heteroatoms. The second kappa shape index (κ2) is 8.97. The minimum Gasteiger partial charge on any atom is -0.457 e. The van der Waals surface area contributed by atoms with Crippen molar-refractivity contribution in [3.05, 3.63) is 95.3 Å². The number of carbonyl (C=O) groups is 2. The summed E-state index contributed by atoms with van der Waals surface area (Å²) in [5.41, 5.74) is 7.01. The van der Waals surface area contributed by atoms with Crippen molar-refractivity contribution in [1.29, 1.82) is 0 Å². The van der Waals surface area contributed by atoms with Gasteiger partial charge in [-0.3, -0.25) is 9.59 Å². The molecule has 31 heavy (non-hydrogen) atoms. The lowest BCUT2D eigenvalue weighted by molar-refractivity contribution is -0.0228. The van der Waals surface area contributed by atoms with E-state index in [0.29, 0.717) is 42.3 Å². The predicted octanol–water partition coefficient (Wildman–Crippen LogP) is 3.93. The quantitative estimate of drug-likeness (QED) is 0.678. The number of rotatable bonds is 5. The first-order valence-electron chi connectivity index (χ1n) is 9.84. The lowest BCUT2D eigenvalue weighted by atomic mass is 10.1. The molecule has 158 valence electrons. The lowest BCUT2D eigenvalue weighted by Gasteiger charge is -2.33. The van der Waals surface area contributed by atoms with E-state index in [0.717, 1.165) is 5.56 Å². The van der Waals surface area contributed by atoms with Gasteiger partial charge in [-0.25, -0.2) is 4.39 Å². The highest BCUT2D eigenvalue weighted by atomic mass is 19.1. The number of benzene rings is 3. The van der Waals surface area contributed by atoms with Crippen molar-refractivity contribution in [2.75, 3.05) is 19.7 Å². The first kappa shape index (κ1) is 20.6. The largest absolute Gasteiger partial charge is 0.457 e. The minimum absolute atomic E-state index is 0.104. The number of carbonyl (C=O) groups excluding carboxylic acids is 2. The van der Waals surface area contributed by atoms with Gasteiger partial charge >= 0.3 is 0 Å². The Morgan fingerprint density at radius 3 is 2.06 bits per heavy atom. The second-order valence-electron chi connectivity index (χ2n) is 7.18. The van der Waals surface area contributed by atoms with Crippen molar-refractivity contribution < 1.29 is 23.5 Å². The molecule has 1 aliphatic heterocycles. The highest BCUT2D eigenvalue weighted by Gasteiger charge is 2.26. The summed E-state index contributed by atoms with van der Waals surface area (Å²) in [6, 6.07) is 19.5. The topological polar surface area (TPSA) is 81.9 Å². The smallest absolute Gasteiger partial charge is 0.254 e. The first-order chi connectivity index (χ1) is 15.0. The van der Waals surface area contributed by atoms with Crippen molar-refractivity contribution >= 4 is 11.8 Å². The van der Waals surface area contributed by atoms with Gasteiger partial charge in [0.1, 0.15) is 23.4 Å². The number of halogens is 1. The molecular weight excluding hydrogens is 399 g/mol. The third-order valence-electron chi connectivity index (χ3n) is 5.07. The molecule has 6 nitrogen and oxygen atoms in total. The van der Waals surface area contributed by atoms with Gasteiger partial charge in [0.25, 0.3) is 5.91 Å². The van der Waals surface area contributed by atoms with E-state index >= 15 is 0 Å². The molecule has 0 saturated carbocycles. The van der Waals surface area contributed by atoms with E-state index in [1.165, 1.54) is 12.1 Å². The minimum atomic E-state index is -0.501. The number of amides is 2. The monoisotopic (exact) mass is 420 g/mol. The molecule has 0 radical (unpaired) electrons. The maximum atomic E-state index is 13.2. The number of nitrogens with two attached hydrogens (primary N) is 1. The Kier molecular flexibility index (Phi) is 5.95. The third kappa shape index (κ3) is 4.90. The second-order valence-corrected chi connectivity index (χ2v) is 7.18. The molecule has 1 unspecified atom stereocenters. The molecule has 1 fully saturated rings. The van der Waals surface area contributed by atoms with E-state index < -0.39 is 5.91 Å². The Morgan fingerprint density at radius 1 is 0.903 bits per heavy atom. The van der Waals surface area contributed by atoms with Gasteiger partial charge in [0.2, 0.25) is 5.91 Å². The highest BCUT2D eigenvalue weighted by Crippen LogP contribution is 2.25. The van der Waals surface area contributed by atoms with Crippen LogP contribution < -0.4 is 10.5 Å². The maximum absolute atomic E-state index is 13.2. The molecule has 0 spiro atoms. The maximum Gasteiger partial charge on any atom is 0.254 e. The fraction of sp³-hybridized carbons (Fsp3) is 0.167. The fourth-order valence-corrected chi connectivity index (χ4v) is 3.38. The Morgan fingerprint density at radius 2 is 1.48 bits per heavy atom. The predicted molar refractivity (Wildman–Crippen MR) is 112 cm³/mol. The van der Waals surface area contributed by atoms with Crippen LogP contribution in [0.3, 0.4) is 0 Å². The van der Waals surface area contributed by atoms with Gasteiger partial charge in [0.15, 0.2) is 0 Å². The summed E-state index contributed by atoms with van der Waals surface area (Å²) < 4.78 is 24.7. The summed E-state index contributed by atoms with van der Waals surface area (Å²) in [4.78, 5) is 25.8. The molecule has 0 aromatic heterocycles. The van der Waals surface area contributed by atoms with Gasteiger partial charge < -0.3 is 20.1 Å². The van der Waals surface area contributed by atoms with Gasteiger partial charge in [-0.05, 0) is 66.2 Å². The lowest BCUT2D eigenvalue weighted by Crippen LogP contribution is -2.42. The van der Waals surface area contributed by atoms with Crippen LogP contribution in [0.4, 0.5) is 4.39 Å². The van der Waals surface area contributed by atoms with Gasteiger partial charge in [-0.15, -0.1) is 0 Å². The van der Waals surface area contributed by atoms with Gasteiger partial charge in [0, 0.05) is 17.7 Å². The van der Waals surface area contributed by atoms with Gasteiger partial charge in [-0.2, -0.15) is 0 Å². The van der Waals surface area contributed by atoms with E-state index in [9.17, 15) is 14.0 Å². The van der Waals surface area contributed by atoms with E-state index in [1.807, 2.05) is 0 Å². The van der Waals surface area contributed by atoms with Crippen molar-refractivity contribution in [3.63, 3.8) is 0 Å². The summed E-state index contributed by atoms with van der Waals surface area (Å²) in [6.07, 6.45) is -0.288. The first-order valence-corrected chi connectivity index (χ1v) is 9.84. The summed E-state index contributed by atoms with van der Waals surface area (Å²) in [6.45, 7) is 1.30. The average molecular weight is 420 g/mol. The molecule has 0 bridgehead atoms. The molecule has 0 aliphatic carbocycles. The van der Waals surface area contributed by atoms with Crippen LogP contribution in [-0.2, 0) is 4.74 Å². The molecule has 1 saturated heterocycles. The molecule has 1 atom stereocenters. The van der Waals surface area contributed by atoms with E-state index in [1.54, 1.807) is 65.6 Å². The molecule has 3 aromatic rings. The van der Waals surface area contributed by atoms with Crippen molar-refractivity contribution in [1.82, 2.24) is 4.90 Å². The third-order valence-corrected chi connectivity index (χ3v) is 5.07. The van der Waals surface area contributed by atoms with Crippen molar-refractivity contribution in [3.8, 4) is 11.5 Å². The summed E-state index contributed by atoms with van der Waals surface area (Å²) in [7, 11) is 0. The number of morpholine rings is 1. The van der Waals surface area contributed by atoms with Gasteiger partial charge in [-0.1, -0.05) is 12.1 Å². The number of primary amides is 1. The van der Waals surface area contributed by atoms with Crippen LogP contribution in [0.15, 0.2) is 72.8 Å². The Balaban J connectivity index is 1.40. The SMILES string of the molecule is NC(=O)c1ccc(Oc2ccc(C(=O)N3CCOC(c4ccc(F)cc4)C3)cc2)cc1. The van der Waals surface area contributed by atoms with Crippen molar-refractivity contribution in [2.24, 2.45) is 5.73 Å². The molecular formula is C24H21FN2O4. The number of hydrogen-bond donors (Lipinski definition) is 1. The zero-order chi connectivity index (χ0) is 21.8. The van der Waals surface area contributed by atoms with Crippen LogP contribution in [0, 0.1) is 5.82 Å². The van der Waals surface area contributed by atoms with E-state index in [-0.39, 0.29) is 17.8 Å². The number of hydrogen-bond acceptors (Lipinski definition) is 4. The van der Waals surface area contributed by atoms with Crippen LogP contribution in [-0.4, -0.2) is 36.4 Å². The molecule has 2 N–H and O–H groups in total. The fourth-order valence-electron chi connectivity index (χ4n) is 3.38. The van der Waals surface area contributed by atoms with E-state index in [4.69, 9.17) is 15.2 Å². The summed E-state index contributed by atoms with van der Waals surface area (Å²) >= 11 is 0. The highest BCUT2D eigenvalue weighted by molar-refractivity contribution is 5.94. The molecule has 1 heterocycles. The van der Waals surface area contributed by atoms with Crippen molar-refractivity contribution in [2.45, 2.75) is 6.10 Å². The average Bonchev–Trinajstić information content (AvgIpc) is 2.80. The molecule has 1 aliphatic rings. The van der Waals surface area contributed by atoms with E-state index in [2.05, 4.69) is 0 Å². The number of ether oxygens (including phenoxy) is 2. The Hall–Kier alpha value is -3.71. The molecule has 4 rings (SSSR count). The zero-order valence-corrected chi connectivity index (χ0v) is 16.7. The Bertz CT molecular complexity index is 1070. The standard InChI is InChI=1S/C24H21FN2O4/c25-19-7-1-16(2-8-19)22-15-27(13-14-30-22)24(29)18-5-11-21(12-6-18)31-20-9-3-17(4-10-20)23(26)28/h1-12,22H,13-15H2,(H2,26,28). The summed E-state index contributed by atoms with van der Waals surface area (Å²) in [5.74, 6) is 0.208. The van der Waals surface area contributed by atoms with Crippen LogP contribution in [0.1, 0.15) is 32.4 Å². The normalized spacial score (nSPS) is 16.0. The summed E-state index contributed by atoms with van der Waals surface area (Å²) in [5, 5.41) is 0. The van der Waals surface area contributed by atoms with Crippen LogP contribution in [0.5, 0.6) is 11.5 Å².